The Bertz CT molecular complexity index is 728. The minimum atomic E-state index is -4.57. The van der Waals surface area contributed by atoms with Gasteiger partial charge in [0.15, 0.2) is 5.69 Å². The molecule has 1 atom stereocenters. The molecule has 122 valence electrons. The molecule has 7 nitrogen and oxygen atoms in total. The highest BCUT2D eigenvalue weighted by molar-refractivity contribution is 5.91. The lowest BCUT2D eigenvalue weighted by Gasteiger charge is -2.25. The van der Waals surface area contributed by atoms with Crippen molar-refractivity contribution in [2.75, 3.05) is 5.32 Å². The Balaban J connectivity index is 1.86. The summed E-state index contributed by atoms with van der Waals surface area (Å²) >= 11 is 0. The summed E-state index contributed by atoms with van der Waals surface area (Å²) in [4.78, 5) is 23.6. The van der Waals surface area contributed by atoms with Crippen LogP contribution >= 0.6 is 0 Å². The van der Waals surface area contributed by atoms with Crippen molar-refractivity contribution in [2.45, 2.75) is 32.4 Å². The molecule has 2 aromatic rings. The molecular weight excluding hydrogens is 313 g/mol. The number of rotatable bonds is 2. The average Bonchev–Trinajstić information content (AvgIpc) is 2.97. The van der Waals surface area contributed by atoms with Gasteiger partial charge in [-0.25, -0.2) is 15.1 Å². The van der Waals surface area contributed by atoms with Crippen LogP contribution in [-0.4, -0.2) is 31.1 Å². The maximum absolute atomic E-state index is 13.2. The molecule has 2 aromatic heterocycles. The number of hydrogen-bond acceptors (Lipinski definition) is 5. The van der Waals surface area contributed by atoms with E-state index in [4.69, 9.17) is 0 Å². The van der Waals surface area contributed by atoms with Crippen molar-refractivity contribution in [2.24, 2.45) is 5.92 Å². The predicted molar refractivity (Wildman–Crippen MR) is 72.3 cm³/mol. The van der Waals surface area contributed by atoms with Gasteiger partial charge in [0.1, 0.15) is 12.2 Å². The number of hydrogen-bond donors (Lipinski definition) is 2. The van der Waals surface area contributed by atoms with E-state index >= 15 is 0 Å². The molecule has 0 bridgehead atoms. The molecule has 0 radical (unpaired) electrons. The smallest absolute Gasteiger partial charge is 0.295 e. The standard InChI is InChI=1S/C13H13F3N6O/c1-6-19-9-3-2-7(11(23)21-12-17-5-18-22-12)4-8(9)10(20-6)13(14,15)16/h5,7H,2-4H2,1H3,(H2,17,18,21,22,23)/t7-/m1/s1. The van der Waals surface area contributed by atoms with Crippen LogP contribution in [0.2, 0.25) is 0 Å². The van der Waals surface area contributed by atoms with Crippen LogP contribution in [0.1, 0.15) is 29.2 Å². The minimum Gasteiger partial charge on any atom is -0.295 e. The number of carbonyl (C=O) groups excluding carboxylic acids is 1. The van der Waals surface area contributed by atoms with Crippen LogP contribution in [0.15, 0.2) is 6.33 Å². The molecule has 10 heteroatoms. The quantitative estimate of drug-likeness (QED) is 0.875. The van der Waals surface area contributed by atoms with E-state index in [1.54, 1.807) is 0 Å². The van der Waals surface area contributed by atoms with Crippen molar-refractivity contribution in [3.05, 3.63) is 29.1 Å². The normalized spacial score (nSPS) is 17.7. The number of alkyl halides is 3. The first-order valence-electron chi connectivity index (χ1n) is 6.94. The summed E-state index contributed by atoms with van der Waals surface area (Å²) in [6.45, 7) is 1.43. The van der Waals surface area contributed by atoms with Crippen LogP contribution in [0.4, 0.5) is 19.1 Å². The van der Waals surface area contributed by atoms with Crippen LogP contribution in [0, 0.1) is 12.8 Å². The molecule has 1 aliphatic rings. The fourth-order valence-electron chi connectivity index (χ4n) is 2.68. The molecule has 2 N–H and O–H groups in total. The van der Waals surface area contributed by atoms with Crippen molar-refractivity contribution in [1.29, 1.82) is 0 Å². The van der Waals surface area contributed by atoms with Crippen LogP contribution in [0.5, 0.6) is 0 Å². The van der Waals surface area contributed by atoms with Gasteiger partial charge in [0.25, 0.3) is 0 Å². The van der Waals surface area contributed by atoms with Crippen LogP contribution < -0.4 is 5.32 Å². The molecule has 0 spiro atoms. The lowest BCUT2D eigenvalue weighted by molar-refractivity contribution is -0.142. The minimum absolute atomic E-state index is 0.00655. The zero-order valence-corrected chi connectivity index (χ0v) is 12.1. The predicted octanol–water partition coefficient (Wildman–Crippen LogP) is 1.67. The van der Waals surface area contributed by atoms with Gasteiger partial charge in [0, 0.05) is 17.2 Å². The molecule has 0 saturated heterocycles. The summed E-state index contributed by atoms with van der Waals surface area (Å²) in [5, 5.41) is 8.57. The van der Waals surface area contributed by atoms with E-state index in [2.05, 4.69) is 30.5 Å². The molecular formula is C13H13F3N6O. The zero-order chi connectivity index (χ0) is 16.6. The number of nitrogens with zero attached hydrogens (tertiary/aromatic N) is 4. The van der Waals surface area contributed by atoms with Gasteiger partial charge in [-0.15, -0.1) is 0 Å². The molecule has 0 fully saturated rings. The number of anilines is 1. The number of H-pyrrole nitrogens is 1. The summed E-state index contributed by atoms with van der Waals surface area (Å²) in [5.41, 5.74) is -0.572. The maximum Gasteiger partial charge on any atom is 0.433 e. The van der Waals surface area contributed by atoms with Crippen LogP contribution in [0.3, 0.4) is 0 Å². The topological polar surface area (TPSA) is 96.5 Å². The Morgan fingerprint density at radius 3 is 2.83 bits per heavy atom. The molecule has 2 heterocycles. The molecule has 1 aliphatic carbocycles. The highest BCUT2D eigenvalue weighted by Gasteiger charge is 2.39. The third-order valence-corrected chi connectivity index (χ3v) is 3.68. The Kier molecular flexibility index (Phi) is 3.74. The Labute approximate surface area is 128 Å². The highest BCUT2D eigenvalue weighted by atomic mass is 19.4. The lowest BCUT2D eigenvalue weighted by atomic mass is 9.85. The molecule has 0 aliphatic heterocycles. The van der Waals surface area contributed by atoms with Crippen molar-refractivity contribution in [3.8, 4) is 0 Å². The second-order valence-electron chi connectivity index (χ2n) is 5.31. The largest absolute Gasteiger partial charge is 0.433 e. The van der Waals surface area contributed by atoms with E-state index in [0.717, 1.165) is 0 Å². The number of aromatic amines is 1. The van der Waals surface area contributed by atoms with Gasteiger partial charge in [-0.1, -0.05) is 0 Å². The summed E-state index contributed by atoms with van der Waals surface area (Å²) in [6.07, 6.45) is -2.67. The second kappa shape index (κ2) is 5.60. The highest BCUT2D eigenvalue weighted by Crippen LogP contribution is 2.36. The van der Waals surface area contributed by atoms with Gasteiger partial charge in [-0.2, -0.15) is 23.3 Å². The van der Waals surface area contributed by atoms with E-state index in [-0.39, 0.29) is 23.8 Å². The maximum atomic E-state index is 13.2. The fourth-order valence-corrected chi connectivity index (χ4v) is 2.68. The SMILES string of the molecule is Cc1nc2c(c(C(F)(F)F)n1)C[C@H](C(=O)Nc1ncn[nH]1)CC2. The Hall–Kier alpha value is -2.52. The molecule has 3 rings (SSSR count). The Morgan fingerprint density at radius 2 is 2.17 bits per heavy atom. The van der Waals surface area contributed by atoms with Crippen LogP contribution in [0.25, 0.3) is 0 Å². The van der Waals surface area contributed by atoms with Gasteiger partial charge in [-0.05, 0) is 26.2 Å². The van der Waals surface area contributed by atoms with E-state index in [0.29, 0.717) is 18.5 Å². The van der Waals surface area contributed by atoms with Crippen molar-refractivity contribution < 1.29 is 18.0 Å². The average molecular weight is 326 g/mol. The lowest BCUT2D eigenvalue weighted by Crippen LogP contribution is -2.31. The number of halogens is 3. The van der Waals surface area contributed by atoms with E-state index in [9.17, 15) is 18.0 Å². The Morgan fingerprint density at radius 1 is 1.39 bits per heavy atom. The number of carbonyl (C=O) groups is 1. The van der Waals surface area contributed by atoms with Gasteiger partial charge in [-0.3, -0.25) is 10.1 Å². The number of fused-ring (bicyclic) bond motifs is 1. The molecule has 0 unspecified atom stereocenters. The molecule has 1 amide bonds. The third kappa shape index (κ3) is 3.15. The van der Waals surface area contributed by atoms with Gasteiger partial charge in [0.05, 0.1) is 0 Å². The first kappa shape index (κ1) is 15.4. The summed E-state index contributed by atoms with van der Waals surface area (Å²) in [5.74, 6) is -0.751. The van der Waals surface area contributed by atoms with E-state index < -0.39 is 23.7 Å². The van der Waals surface area contributed by atoms with E-state index in [1.807, 2.05) is 0 Å². The number of aryl methyl sites for hydroxylation is 2. The van der Waals surface area contributed by atoms with Crippen molar-refractivity contribution >= 4 is 11.9 Å². The summed E-state index contributed by atoms with van der Waals surface area (Å²) in [7, 11) is 0. The van der Waals surface area contributed by atoms with Crippen molar-refractivity contribution in [1.82, 2.24) is 25.1 Å². The monoisotopic (exact) mass is 326 g/mol. The first-order valence-corrected chi connectivity index (χ1v) is 6.94. The first-order chi connectivity index (χ1) is 10.8. The molecule has 0 saturated carbocycles. The van der Waals surface area contributed by atoms with Gasteiger partial charge < -0.3 is 0 Å². The number of aromatic nitrogens is 5. The summed E-state index contributed by atoms with van der Waals surface area (Å²) in [6, 6.07) is 0. The number of nitrogens with one attached hydrogen (secondary N) is 2. The summed E-state index contributed by atoms with van der Waals surface area (Å²) < 4.78 is 39.5. The van der Waals surface area contributed by atoms with Crippen LogP contribution in [-0.2, 0) is 23.8 Å². The fraction of sp³-hybridized carbons (Fsp3) is 0.462. The number of amides is 1. The van der Waals surface area contributed by atoms with Gasteiger partial charge >= 0.3 is 6.18 Å². The van der Waals surface area contributed by atoms with Gasteiger partial charge in [0.2, 0.25) is 11.9 Å². The second-order valence-corrected chi connectivity index (χ2v) is 5.31. The van der Waals surface area contributed by atoms with Crippen molar-refractivity contribution in [3.63, 3.8) is 0 Å². The molecule has 23 heavy (non-hydrogen) atoms. The zero-order valence-electron chi connectivity index (χ0n) is 12.1. The third-order valence-electron chi connectivity index (χ3n) is 3.68. The molecule has 0 aromatic carbocycles. The van der Waals surface area contributed by atoms with E-state index in [1.165, 1.54) is 13.3 Å².